The summed E-state index contributed by atoms with van der Waals surface area (Å²) in [6, 6.07) is 11.4. The molecule has 2 amide bonds. The summed E-state index contributed by atoms with van der Waals surface area (Å²) in [7, 11) is 0. The van der Waals surface area contributed by atoms with Crippen LogP contribution in [0.3, 0.4) is 0 Å². The van der Waals surface area contributed by atoms with Crippen molar-refractivity contribution in [2.45, 2.75) is 13.3 Å². The van der Waals surface area contributed by atoms with Crippen molar-refractivity contribution in [1.82, 2.24) is 15.8 Å². The maximum Gasteiger partial charge on any atom is 0.330 e. The number of esters is 1. The molecule has 0 atom stereocenters. The molecule has 7 nitrogen and oxygen atoms in total. The zero-order chi connectivity index (χ0) is 18.8. The second-order valence-electron chi connectivity index (χ2n) is 5.22. The lowest BCUT2D eigenvalue weighted by atomic mass is 10.0. The predicted octanol–water partition coefficient (Wildman–Crippen LogP) is 1.55. The summed E-state index contributed by atoms with van der Waals surface area (Å²) in [6.45, 7) is 1.87. The number of carbonyl (C=O) groups excluding carboxylic acids is 3. The normalized spacial score (nSPS) is 10.3. The monoisotopic (exact) mass is 353 g/mol. The van der Waals surface area contributed by atoms with E-state index in [-0.39, 0.29) is 6.61 Å². The van der Waals surface area contributed by atoms with E-state index in [1.807, 2.05) is 30.3 Å². The van der Waals surface area contributed by atoms with E-state index in [0.29, 0.717) is 12.0 Å². The number of carbonyl (C=O) groups is 3. The summed E-state index contributed by atoms with van der Waals surface area (Å²) in [5.41, 5.74) is 6.69. The van der Waals surface area contributed by atoms with Gasteiger partial charge in [-0.3, -0.25) is 25.4 Å². The van der Waals surface area contributed by atoms with Crippen molar-refractivity contribution < 1.29 is 19.1 Å². The van der Waals surface area contributed by atoms with Crippen molar-refractivity contribution in [3.05, 3.63) is 77.6 Å². The molecular weight excluding hydrogens is 334 g/mol. The Balaban J connectivity index is 1.97. The number of hydrazine groups is 1. The molecular formula is C19H19N3O4. The molecule has 0 aliphatic rings. The van der Waals surface area contributed by atoms with Gasteiger partial charge in [0.1, 0.15) is 0 Å². The van der Waals surface area contributed by atoms with Crippen LogP contribution in [-0.2, 0) is 20.7 Å². The van der Waals surface area contributed by atoms with E-state index in [2.05, 4.69) is 20.6 Å². The average molecular weight is 353 g/mol. The summed E-state index contributed by atoms with van der Waals surface area (Å²) in [5, 5.41) is 0. The number of ether oxygens (including phenoxy) is 1. The standard InChI is InChI=1S/C19H19N3O4/c1-2-26-18(24)9-8-17(23)21-22-19(25)16-13-20-11-10-15(16)12-14-6-4-3-5-7-14/h3-11,13H,2,12H2,1H3,(H,21,23)(H,22,25). The molecule has 2 rings (SSSR count). The fourth-order valence-electron chi connectivity index (χ4n) is 2.16. The molecule has 26 heavy (non-hydrogen) atoms. The third-order valence-electron chi connectivity index (χ3n) is 3.35. The SMILES string of the molecule is CCOC(=O)C=CC(=O)NNC(=O)c1cnccc1Cc1ccccc1. The lowest BCUT2D eigenvalue weighted by Gasteiger charge is -2.10. The van der Waals surface area contributed by atoms with E-state index in [9.17, 15) is 14.4 Å². The Bertz CT molecular complexity index is 803. The van der Waals surface area contributed by atoms with Gasteiger partial charge < -0.3 is 4.74 Å². The van der Waals surface area contributed by atoms with Crippen molar-refractivity contribution in [2.75, 3.05) is 6.61 Å². The molecule has 0 radical (unpaired) electrons. The molecule has 0 unspecified atom stereocenters. The molecule has 134 valence electrons. The first-order chi connectivity index (χ1) is 12.6. The topological polar surface area (TPSA) is 97.4 Å². The van der Waals surface area contributed by atoms with Gasteiger partial charge in [-0.15, -0.1) is 0 Å². The van der Waals surface area contributed by atoms with Gasteiger partial charge in [0, 0.05) is 24.5 Å². The number of rotatable bonds is 6. The zero-order valence-corrected chi connectivity index (χ0v) is 14.3. The molecule has 2 aromatic rings. The Morgan fingerprint density at radius 2 is 1.85 bits per heavy atom. The highest BCUT2D eigenvalue weighted by Gasteiger charge is 2.12. The van der Waals surface area contributed by atoms with Crippen molar-refractivity contribution in [3.8, 4) is 0 Å². The first kappa shape index (κ1) is 18.9. The molecule has 1 aromatic heterocycles. The van der Waals surface area contributed by atoms with Gasteiger partial charge in [-0.1, -0.05) is 30.3 Å². The molecule has 0 saturated carbocycles. The predicted molar refractivity (Wildman–Crippen MR) is 94.9 cm³/mol. The first-order valence-electron chi connectivity index (χ1n) is 8.02. The number of pyridine rings is 1. The molecule has 0 spiro atoms. The zero-order valence-electron chi connectivity index (χ0n) is 14.3. The average Bonchev–Trinajstić information content (AvgIpc) is 2.66. The third-order valence-corrected chi connectivity index (χ3v) is 3.35. The van der Waals surface area contributed by atoms with Gasteiger partial charge in [0.15, 0.2) is 0 Å². The summed E-state index contributed by atoms with van der Waals surface area (Å²) in [4.78, 5) is 39.1. The van der Waals surface area contributed by atoms with Crippen LogP contribution in [0.15, 0.2) is 60.9 Å². The maximum absolute atomic E-state index is 12.3. The van der Waals surface area contributed by atoms with Crippen LogP contribution >= 0.6 is 0 Å². The third kappa shape index (κ3) is 5.86. The molecule has 0 fully saturated rings. The molecule has 1 heterocycles. The number of nitrogens with one attached hydrogen (secondary N) is 2. The van der Waals surface area contributed by atoms with Crippen LogP contribution in [0.5, 0.6) is 0 Å². The number of aromatic nitrogens is 1. The molecule has 2 N–H and O–H groups in total. The Kier molecular flexibility index (Phi) is 7.05. The minimum atomic E-state index is -0.653. The highest BCUT2D eigenvalue weighted by atomic mass is 16.5. The largest absolute Gasteiger partial charge is 0.463 e. The Morgan fingerprint density at radius 1 is 1.08 bits per heavy atom. The first-order valence-corrected chi connectivity index (χ1v) is 8.02. The molecule has 0 aliphatic heterocycles. The Morgan fingerprint density at radius 3 is 2.58 bits per heavy atom. The van der Waals surface area contributed by atoms with Crippen LogP contribution in [0.25, 0.3) is 0 Å². The summed E-state index contributed by atoms with van der Waals surface area (Å²) >= 11 is 0. The van der Waals surface area contributed by atoms with Crippen LogP contribution in [0.1, 0.15) is 28.4 Å². The van der Waals surface area contributed by atoms with E-state index in [4.69, 9.17) is 0 Å². The highest BCUT2D eigenvalue weighted by Crippen LogP contribution is 2.13. The van der Waals surface area contributed by atoms with E-state index < -0.39 is 17.8 Å². The number of benzene rings is 1. The van der Waals surface area contributed by atoms with Crippen LogP contribution < -0.4 is 10.9 Å². The quantitative estimate of drug-likeness (QED) is 0.467. The van der Waals surface area contributed by atoms with Gasteiger partial charge in [-0.2, -0.15) is 0 Å². The number of nitrogens with zero attached hydrogens (tertiary/aromatic N) is 1. The van der Waals surface area contributed by atoms with Gasteiger partial charge in [0.25, 0.3) is 11.8 Å². The van der Waals surface area contributed by atoms with E-state index >= 15 is 0 Å². The van der Waals surface area contributed by atoms with Crippen molar-refractivity contribution in [1.29, 1.82) is 0 Å². The molecule has 1 aromatic carbocycles. The number of amides is 2. The van der Waals surface area contributed by atoms with Crippen molar-refractivity contribution in [3.63, 3.8) is 0 Å². The van der Waals surface area contributed by atoms with Crippen molar-refractivity contribution >= 4 is 17.8 Å². The summed E-state index contributed by atoms with van der Waals surface area (Å²) < 4.78 is 4.66. The van der Waals surface area contributed by atoms with E-state index in [0.717, 1.165) is 23.3 Å². The van der Waals surface area contributed by atoms with Crippen LogP contribution in [0, 0.1) is 0 Å². The lowest BCUT2D eigenvalue weighted by molar-refractivity contribution is -0.137. The molecule has 0 saturated heterocycles. The van der Waals surface area contributed by atoms with Gasteiger partial charge in [0.05, 0.1) is 12.2 Å². The second kappa shape index (κ2) is 9.73. The van der Waals surface area contributed by atoms with Crippen LogP contribution in [0.2, 0.25) is 0 Å². The highest BCUT2D eigenvalue weighted by molar-refractivity contribution is 5.99. The molecule has 0 aliphatic carbocycles. The second-order valence-corrected chi connectivity index (χ2v) is 5.22. The Hall–Kier alpha value is -3.48. The van der Waals surface area contributed by atoms with E-state index in [1.54, 1.807) is 19.2 Å². The minimum Gasteiger partial charge on any atom is -0.463 e. The lowest BCUT2D eigenvalue weighted by Crippen LogP contribution is -2.41. The number of hydrogen-bond donors (Lipinski definition) is 2. The van der Waals surface area contributed by atoms with Gasteiger partial charge in [0.2, 0.25) is 0 Å². The van der Waals surface area contributed by atoms with Gasteiger partial charge in [-0.05, 0) is 30.5 Å². The Labute approximate surface area is 151 Å². The smallest absolute Gasteiger partial charge is 0.330 e. The summed E-state index contributed by atoms with van der Waals surface area (Å²) in [6.07, 6.45) is 5.56. The van der Waals surface area contributed by atoms with Crippen LogP contribution in [0.4, 0.5) is 0 Å². The summed E-state index contributed by atoms with van der Waals surface area (Å²) in [5.74, 6) is -1.78. The van der Waals surface area contributed by atoms with Gasteiger partial charge >= 0.3 is 5.97 Å². The minimum absolute atomic E-state index is 0.215. The molecule has 0 bridgehead atoms. The van der Waals surface area contributed by atoms with Gasteiger partial charge in [-0.25, -0.2) is 4.79 Å². The van der Waals surface area contributed by atoms with E-state index in [1.165, 1.54) is 6.20 Å². The van der Waals surface area contributed by atoms with Crippen LogP contribution in [-0.4, -0.2) is 29.4 Å². The fourth-order valence-corrected chi connectivity index (χ4v) is 2.16. The maximum atomic E-state index is 12.3. The molecule has 7 heteroatoms. The number of hydrogen-bond acceptors (Lipinski definition) is 5. The fraction of sp³-hybridized carbons (Fsp3) is 0.158. The van der Waals surface area contributed by atoms with Crippen molar-refractivity contribution in [2.24, 2.45) is 0 Å².